The Labute approximate surface area is 190 Å². The number of alkyl halides is 1. The minimum absolute atomic E-state index is 0.0606. The number of ether oxygens (including phenoxy) is 1. The summed E-state index contributed by atoms with van der Waals surface area (Å²) in [6, 6.07) is 0. The fourth-order valence-corrected chi connectivity index (χ4v) is 5.20. The van der Waals surface area contributed by atoms with Gasteiger partial charge in [-0.25, -0.2) is 9.18 Å². The van der Waals surface area contributed by atoms with Crippen molar-refractivity contribution in [2.24, 2.45) is 0 Å². The monoisotopic (exact) mass is 492 g/mol. The van der Waals surface area contributed by atoms with Crippen LogP contribution < -0.4 is 11.2 Å². The maximum atomic E-state index is 15.7. The predicted octanol–water partition coefficient (Wildman–Crippen LogP) is 4.32. The van der Waals surface area contributed by atoms with Gasteiger partial charge in [0.05, 0.1) is 12.8 Å². The van der Waals surface area contributed by atoms with E-state index in [0.29, 0.717) is 6.20 Å². The summed E-state index contributed by atoms with van der Waals surface area (Å²) in [5.41, 5.74) is -2.10. The number of nitrogens with zero attached hydrogens (tertiary/aromatic N) is 1. The summed E-state index contributed by atoms with van der Waals surface area (Å²) in [5.74, 6) is -1.19. The second kappa shape index (κ2) is 8.90. The molecule has 184 valence electrons. The Bertz CT molecular complexity index is 934. The Hall–Kier alpha value is -1.15. The SMILES string of the molecule is CC(C)(C)[Si](C)(C)OC[C@H]1O[C@@H](n2cc(F)c(=O)[nH]c2=O)[C@@H](F)[C@@H]1O[Si](C)(C)C(C)(C)C. The average Bonchev–Trinajstić information content (AvgIpc) is 2.90. The zero-order valence-corrected chi connectivity index (χ0v) is 22.8. The van der Waals surface area contributed by atoms with Crippen LogP contribution >= 0.6 is 0 Å². The first-order chi connectivity index (χ1) is 14.3. The van der Waals surface area contributed by atoms with Gasteiger partial charge in [0.1, 0.15) is 12.2 Å². The van der Waals surface area contributed by atoms with Gasteiger partial charge >= 0.3 is 5.69 Å². The molecule has 1 aliphatic heterocycles. The van der Waals surface area contributed by atoms with Crippen LogP contribution in [0, 0.1) is 5.82 Å². The molecule has 1 N–H and O–H groups in total. The first-order valence-electron chi connectivity index (χ1n) is 10.9. The van der Waals surface area contributed by atoms with Crippen molar-refractivity contribution in [1.82, 2.24) is 9.55 Å². The molecular weight excluding hydrogens is 454 g/mol. The van der Waals surface area contributed by atoms with Gasteiger partial charge in [0, 0.05) is 0 Å². The number of halogens is 2. The molecule has 7 nitrogen and oxygen atoms in total. The third-order valence-corrected chi connectivity index (χ3v) is 16.1. The Balaban J connectivity index is 2.41. The van der Waals surface area contributed by atoms with E-state index in [2.05, 4.69) is 33.9 Å². The van der Waals surface area contributed by atoms with Crippen LogP contribution in [-0.4, -0.2) is 51.2 Å². The maximum Gasteiger partial charge on any atom is 0.330 e. The lowest BCUT2D eigenvalue weighted by atomic mass is 10.1. The van der Waals surface area contributed by atoms with Crippen LogP contribution in [0.4, 0.5) is 8.78 Å². The quantitative estimate of drug-likeness (QED) is 0.598. The van der Waals surface area contributed by atoms with Crippen LogP contribution in [0.25, 0.3) is 0 Å². The molecule has 2 heterocycles. The fraction of sp³-hybridized carbons (Fsp3) is 0.810. The molecule has 32 heavy (non-hydrogen) atoms. The number of hydrogen-bond acceptors (Lipinski definition) is 5. The lowest BCUT2D eigenvalue weighted by Crippen LogP contribution is -2.50. The molecule has 4 atom stereocenters. The van der Waals surface area contributed by atoms with E-state index in [1.807, 2.05) is 38.8 Å². The van der Waals surface area contributed by atoms with Crippen LogP contribution in [0.3, 0.4) is 0 Å². The third kappa shape index (κ3) is 5.49. The summed E-state index contributed by atoms with van der Waals surface area (Å²) in [5, 5.41) is -0.245. The van der Waals surface area contributed by atoms with Crippen molar-refractivity contribution >= 4 is 16.6 Å². The number of hydrogen-bond donors (Lipinski definition) is 1. The highest BCUT2D eigenvalue weighted by atomic mass is 28.4. The topological polar surface area (TPSA) is 82.5 Å². The van der Waals surface area contributed by atoms with Crippen LogP contribution in [0.5, 0.6) is 0 Å². The van der Waals surface area contributed by atoms with Gasteiger partial charge in [-0.05, 0) is 36.3 Å². The van der Waals surface area contributed by atoms with E-state index in [1.165, 1.54) is 0 Å². The number of H-pyrrole nitrogens is 1. The fourth-order valence-electron chi connectivity index (χ4n) is 2.87. The summed E-state index contributed by atoms with van der Waals surface area (Å²) < 4.78 is 48.9. The van der Waals surface area contributed by atoms with E-state index in [-0.39, 0.29) is 16.7 Å². The molecule has 0 radical (unpaired) electrons. The Morgan fingerprint density at radius 2 is 1.59 bits per heavy atom. The Morgan fingerprint density at radius 1 is 1.06 bits per heavy atom. The van der Waals surface area contributed by atoms with E-state index in [0.717, 1.165) is 4.57 Å². The molecule has 11 heteroatoms. The van der Waals surface area contributed by atoms with Gasteiger partial charge in [-0.2, -0.15) is 4.39 Å². The largest absolute Gasteiger partial charge is 0.414 e. The number of aromatic nitrogens is 2. The van der Waals surface area contributed by atoms with E-state index >= 15 is 4.39 Å². The minimum Gasteiger partial charge on any atom is -0.414 e. The lowest BCUT2D eigenvalue weighted by Gasteiger charge is -2.40. The van der Waals surface area contributed by atoms with Crippen molar-refractivity contribution in [2.45, 2.75) is 102 Å². The Kier molecular flexibility index (Phi) is 7.54. The van der Waals surface area contributed by atoms with Crippen molar-refractivity contribution in [2.75, 3.05) is 6.61 Å². The highest BCUT2D eigenvalue weighted by Gasteiger charge is 2.52. The summed E-state index contributed by atoms with van der Waals surface area (Å²) in [4.78, 5) is 25.5. The van der Waals surface area contributed by atoms with Gasteiger partial charge in [0.15, 0.2) is 29.0 Å². The van der Waals surface area contributed by atoms with Crippen LogP contribution in [0.15, 0.2) is 15.8 Å². The summed E-state index contributed by atoms with van der Waals surface area (Å²) in [6.45, 7) is 20.7. The zero-order valence-electron chi connectivity index (χ0n) is 20.8. The minimum atomic E-state index is -2.41. The predicted molar refractivity (Wildman–Crippen MR) is 125 cm³/mol. The summed E-state index contributed by atoms with van der Waals surface area (Å²) in [6.07, 6.45) is -4.29. The number of rotatable bonds is 6. The normalized spacial score (nSPS) is 25.4. The first kappa shape index (κ1) is 27.1. The van der Waals surface area contributed by atoms with Crippen molar-refractivity contribution < 1.29 is 22.4 Å². The van der Waals surface area contributed by atoms with E-state index < -0.39 is 58.3 Å². The molecule has 2 rings (SSSR count). The highest BCUT2D eigenvalue weighted by Crippen LogP contribution is 2.43. The molecule has 0 amide bonds. The average molecular weight is 493 g/mol. The van der Waals surface area contributed by atoms with Crippen LogP contribution in [0.2, 0.25) is 36.3 Å². The second-order valence-corrected chi connectivity index (χ2v) is 21.1. The maximum absolute atomic E-state index is 15.7. The van der Waals surface area contributed by atoms with Gasteiger partial charge < -0.3 is 13.6 Å². The second-order valence-electron chi connectivity index (χ2n) is 11.6. The molecule has 0 aliphatic carbocycles. The van der Waals surface area contributed by atoms with Gasteiger partial charge in [-0.15, -0.1) is 0 Å². The summed E-state index contributed by atoms with van der Waals surface area (Å²) >= 11 is 0. The molecule has 1 aromatic rings. The zero-order chi connectivity index (χ0) is 24.9. The Morgan fingerprint density at radius 3 is 2.09 bits per heavy atom. The van der Waals surface area contributed by atoms with Crippen molar-refractivity contribution in [3.05, 3.63) is 32.9 Å². The van der Waals surface area contributed by atoms with Gasteiger partial charge in [-0.1, -0.05) is 41.5 Å². The van der Waals surface area contributed by atoms with Crippen LogP contribution in [0.1, 0.15) is 47.8 Å². The number of aromatic amines is 1. The lowest BCUT2D eigenvalue weighted by molar-refractivity contribution is -0.0459. The van der Waals surface area contributed by atoms with Crippen LogP contribution in [-0.2, 0) is 13.6 Å². The van der Waals surface area contributed by atoms with E-state index in [9.17, 15) is 14.0 Å². The molecule has 1 saturated heterocycles. The standard InChI is InChI=1S/C21H38F2N2O5Si2/c1-20(2,3)31(7,8)28-12-14-16(30-32(9,10)21(4,5)6)15(23)18(29-14)25-11-13(22)17(26)24-19(25)27/h11,14-16,18H,12H2,1-10H3,(H,24,26,27)/t14-,15+,16-,18-/m1/s1. The van der Waals surface area contributed by atoms with Crippen molar-refractivity contribution in [3.8, 4) is 0 Å². The molecule has 1 aromatic heterocycles. The number of nitrogens with one attached hydrogen (secondary N) is 1. The molecule has 0 unspecified atom stereocenters. The van der Waals surface area contributed by atoms with E-state index in [1.54, 1.807) is 0 Å². The van der Waals surface area contributed by atoms with Crippen molar-refractivity contribution in [3.63, 3.8) is 0 Å². The molecule has 0 saturated carbocycles. The molecule has 0 spiro atoms. The highest BCUT2D eigenvalue weighted by molar-refractivity contribution is 6.74. The van der Waals surface area contributed by atoms with E-state index in [4.69, 9.17) is 13.6 Å². The molecule has 0 aromatic carbocycles. The molecule has 0 bridgehead atoms. The molecule has 1 fully saturated rings. The molecule has 1 aliphatic rings. The van der Waals surface area contributed by atoms with Crippen molar-refractivity contribution in [1.29, 1.82) is 0 Å². The smallest absolute Gasteiger partial charge is 0.330 e. The summed E-state index contributed by atoms with van der Waals surface area (Å²) in [7, 11) is -4.58. The van der Waals surface area contributed by atoms with Gasteiger partial charge in [0.2, 0.25) is 5.82 Å². The third-order valence-electron chi connectivity index (χ3n) is 7.12. The first-order valence-corrected chi connectivity index (χ1v) is 16.7. The van der Waals surface area contributed by atoms with Gasteiger partial charge in [-0.3, -0.25) is 14.3 Å². The molecular formula is C21H38F2N2O5Si2. The van der Waals surface area contributed by atoms with Gasteiger partial charge in [0.25, 0.3) is 5.56 Å².